The van der Waals surface area contributed by atoms with Crippen LogP contribution in [-0.2, 0) is 7.05 Å². The van der Waals surface area contributed by atoms with E-state index in [1.54, 1.807) is 17.7 Å². The summed E-state index contributed by atoms with van der Waals surface area (Å²) >= 11 is 7.31. The molecule has 1 aromatic heterocycles. The van der Waals surface area contributed by atoms with Crippen molar-refractivity contribution in [2.45, 2.75) is 29.6 Å². The fraction of sp³-hybridized carbons (Fsp3) is 0.412. The van der Waals surface area contributed by atoms with Gasteiger partial charge >= 0.3 is 0 Å². The van der Waals surface area contributed by atoms with Crippen molar-refractivity contribution >= 4 is 35.1 Å². The smallest absolute Gasteiger partial charge is 0.270 e. The zero-order valence-corrected chi connectivity index (χ0v) is 15.4. The molecule has 0 unspecified atom stereocenters. The first-order valence-corrected chi connectivity index (χ1v) is 9.20. The number of benzene rings is 1. The molecule has 0 spiro atoms. The molecule has 1 aliphatic heterocycles. The van der Waals surface area contributed by atoms with Gasteiger partial charge in [-0.1, -0.05) is 36.4 Å². The van der Waals surface area contributed by atoms with E-state index in [1.807, 2.05) is 18.2 Å². The van der Waals surface area contributed by atoms with Gasteiger partial charge in [-0.05, 0) is 37.0 Å². The zero-order valence-electron chi connectivity index (χ0n) is 13.8. The summed E-state index contributed by atoms with van der Waals surface area (Å²) in [5.74, 6) is 1.64. The largest absolute Gasteiger partial charge is 0.382 e. The molecule has 1 aliphatic rings. The molecular weight excluding hydrogens is 344 g/mol. The molecule has 7 heteroatoms. The van der Waals surface area contributed by atoms with E-state index in [2.05, 4.69) is 16.8 Å². The van der Waals surface area contributed by atoms with Crippen molar-refractivity contribution in [1.82, 2.24) is 9.55 Å². The Bertz CT molecular complexity index is 800. The molecule has 2 N–H and O–H groups in total. The van der Waals surface area contributed by atoms with Gasteiger partial charge in [0.05, 0.1) is 0 Å². The first kappa shape index (κ1) is 17.2. The van der Waals surface area contributed by atoms with Gasteiger partial charge in [0.2, 0.25) is 5.95 Å². The number of nitrogens with zero attached hydrogens (tertiary/aromatic N) is 3. The van der Waals surface area contributed by atoms with Gasteiger partial charge in [-0.15, -0.1) is 0 Å². The maximum atomic E-state index is 12.8. The lowest BCUT2D eigenvalue weighted by molar-refractivity contribution is 0.430. The lowest BCUT2D eigenvalue weighted by atomic mass is 10.00. The summed E-state index contributed by atoms with van der Waals surface area (Å²) in [4.78, 5) is 20.7. The second kappa shape index (κ2) is 7.07. The number of halogens is 1. The Labute approximate surface area is 150 Å². The van der Waals surface area contributed by atoms with E-state index >= 15 is 0 Å². The van der Waals surface area contributed by atoms with E-state index in [9.17, 15) is 4.79 Å². The maximum Gasteiger partial charge on any atom is 0.270 e. The lowest BCUT2D eigenvalue weighted by Gasteiger charge is -2.32. The molecule has 0 bridgehead atoms. The Kier molecular flexibility index (Phi) is 5.06. The molecule has 3 rings (SSSR count). The van der Waals surface area contributed by atoms with Crippen LogP contribution in [0.25, 0.3) is 0 Å². The monoisotopic (exact) mass is 364 g/mol. The van der Waals surface area contributed by atoms with Gasteiger partial charge < -0.3 is 10.6 Å². The molecule has 1 fully saturated rings. The Hall–Kier alpha value is -1.66. The molecular formula is C17H21ClN4OS. The van der Waals surface area contributed by atoms with Gasteiger partial charge in [0, 0.05) is 30.1 Å². The van der Waals surface area contributed by atoms with Gasteiger partial charge in [-0.2, -0.15) is 4.98 Å². The third kappa shape index (κ3) is 3.54. The van der Waals surface area contributed by atoms with E-state index in [-0.39, 0.29) is 11.4 Å². The predicted octanol–water partition coefficient (Wildman–Crippen LogP) is 3.40. The van der Waals surface area contributed by atoms with Crippen LogP contribution < -0.4 is 16.2 Å². The molecule has 1 saturated heterocycles. The minimum absolute atomic E-state index is 0.124. The summed E-state index contributed by atoms with van der Waals surface area (Å²) in [6, 6.07) is 7.36. The van der Waals surface area contributed by atoms with E-state index < -0.39 is 0 Å². The van der Waals surface area contributed by atoms with Crippen LogP contribution in [0.2, 0.25) is 5.02 Å². The number of hydrogen-bond acceptors (Lipinski definition) is 5. The van der Waals surface area contributed by atoms with Crippen molar-refractivity contribution in [3.05, 3.63) is 39.6 Å². The third-order valence-corrected chi connectivity index (χ3v) is 5.65. The molecule has 0 amide bonds. The molecule has 2 heterocycles. The van der Waals surface area contributed by atoms with Crippen molar-refractivity contribution in [2.75, 3.05) is 23.7 Å². The molecule has 128 valence electrons. The van der Waals surface area contributed by atoms with Crippen LogP contribution in [0.5, 0.6) is 0 Å². The summed E-state index contributed by atoms with van der Waals surface area (Å²) in [6.45, 7) is 4.06. The quantitative estimate of drug-likeness (QED) is 0.904. The van der Waals surface area contributed by atoms with Crippen molar-refractivity contribution < 1.29 is 0 Å². The highest BCUT2D eigenvalue weighted by molar-refractivity contribution is 7.99. The van der Waals surface area contributed by atoms with Gasteiger partial charge in [0.1, 0.15) is 10.7 Å². The SMILES string of the molecule is CC1CCN(c2nc(N)c(Sc3cccc(Cl)c3)c(=O)n2C)CC1. The van der Waals surface area contributed by atoms with Crippen LogP contribution in [0, 0.1) is 5.92 Å². The maximum absolute atomic E-state index is 12.8. The highest BCUT2D eigenvalue weighted by Gasteiger charge is 2.22. The first-order valence-electron chi connectivity index (χ1n) is 8.00. The van der Waals surface area contributed by atoms with Gasteiger partial charge in [0.15, 0.2) is 0 Å². The van der Waals surface area contributed by atoms with Gasteiger partial charge in [-0.3, -0.25) is 9.36 Å². The van der Waals surface area contributed by atoms with Crippen LogP contribution >= 0.6 is 23.4 Å². The first-order chi connectivity index (χ1) is 11.5. The summed E-state index contributed by atoms with van der Waals surface area (Å²) < 4.78 is 1.60. The predicted molar refractivity (Wildman–Crippen MR) is 100 cm³/mol. The number of aromatic nitrogens is 2. The zero-order chi connectivity index (χ0) is 17.3. The second-order valence-electron chi connectivity index (χ2n) is 6.22. The number of nitrogens with two attached hydrogens (primary N) is 1. The Balaban J connectivity index is 1.93. The Morgan fingerprint density at radius 2 is 2.04 bits per heavy atom. The summed E-state index contributed by atoms with van der Waals surface area (Å²) in [7, 11) is 1.75. The van der Waals surface area contributed by atoms with Crippen LogP contribution in [0.15, 0.2) is 38.9 Å². The van der Waals surface area contributed by atoms with Crippen molar-refractivity contribution in [3.63, 3.8) is 0 Å². The summed E-state index contributed by atoms with van der Waals surface area (Å²) in [5, 5.41) is 0.627. The number of hydrogen-bond donors (Lipinski definition) is 1. The van der Waals surface area contributed by atoms with Crippen LogP contribution in [-0.4, -0.2) is 22.6 Å². The standard InChI is InChI=1S/C17H21ClN4OS/c1-11-6-8-22(9-7-11)17-20-15(19)14(16(23)21(17)2)24-13-5-3-4-12(18)10-13/h3-5,10-11H,6-9,19H2,1-2H3. The fourth-order valence-electron chi connectivity index (χ4n) is 2.82. The van der Waals surface area contributed by atoms with E-state index in [4.69, 9.17) is 17.3 Å². The second-order valence-corrected chi connectivity index (χ2v) is 7.74. The number of rotatable bonds is 3. The molecule has 0 radical (unpaired) electrons. The Morgan fingerprint density at radius 3 is 2.71 bits per heavy atom. The molecule has 0 saturated carbocycles. The normalized spacial score (nSPS) is 15.7. The third-order valence-electron chi connectivity index (χ3n) is 4.33. The summed E-state index contributed by atoms with van der Waals surface area (Å²) in [6.07, 6.45) is 2.21. The van der Waals surface area contributed by atoms with Crippen LogP contribution in [0.3, 0.4) is 0 Å². The molecule has 1 aromatic carbocycles. The summed E-state index contributed by atoms with van der Waals surface area (Å²) in [5.41, 5.74) is 5.98. The topological polar surface area (TPSA) is 64.2 Å². The highest BCUT2D eigenvalue weighted by Crippen LogP contribution is 2.31. The van der Waals surface area contributed by atoms with E-state index in [0.29, 0.717) is 21.8 Å². The minimum atomic E-state index is -0.124. The molecule has 5 nitrogen and oxygen atoms in total. The molecule has 0 atom stereocenters. The lowest BCUT2D eigenvalue weighted by Crippen LogP contribution is -2.38. The fourth-order valence-corrected chi connectivity index (χ4v) is 4.02. The molecule has 2 aromatic rings. The van der Waals surface area contributed by atoms with Crippen molar-refractivity contribution in [3.8, 4) is 0 Å². The van der Waals surface area contributed by atoms with Crippen molar-refractivity contribution in [2.24, 2.45) is 13.0 Å². The van der Waals surface area contributed by atoms with E-state index in [1.165, 1.54) is 11.8 Å². The average molecular weight is 365 g/mol. The number of nitrogen functional groups attached to an aromatic ring is 1. The average Bonchev–Trinajstić information content (AvgIpc) is 2.56. The van der Waals surface area contributed by atoms with E-state index in [0.717, 1.165) is 30.8 Å². The van der Waals surface area contributed by atoms with Crippen LogP contribution in [0.1, 0.15) is 19.8 Å². The minimum Gasteiger partial charge on any atom is -0.382 e. The Morgan fingerprint density at radius 1 is 1.33 bits per heavy atom. The van der Waals surface area contributed by atoms with Crippen LogP contribution in [0.4, 0.5) is 11.8 Å². The van der Waals surface area contributed by atoms with Gasteiger partial charge in [-0.25, -0.2) is 0 Å². The highest BCUT2D eigenvalue weighted by atomic mass is 35.5. The molecule has 0 aliphatic carbocycles. The molecule has 24 heavy (non-hydrogen) atoms. The number of piperidine rings is 1. The number of anilines is 2. The van der Waals surface area contributed by atoms with Crippen molar-refractivity contribution in [1.29, 1.82) is 0 Å². The van der Waals surface area contributed by atoms with Gasteiger partial charge in [0.25, 0.3) is 5.56 Å².